The average molecular weight is 396 g/mol. The van der Waals surface area contributed by atoms with Gasteiger partial charge in [-0.2, -0.15) is 8.42 Å². The van der Waals surface area contributed by atoms with Crippen LogP contribution >= 0.6 is 0 Å². The number of carbonyl (C=O) groups is 1. The maximum Gasteiger partial charge on any atom is 0.337 e. The van der Waals surface area contributed by atoms with Crippen LogP contribution in [0, 0.1) is 6.92 Å². The summed E-state index contributed by atoms with van der Waals surface area (Å²) in [7, 11) is -2.45. The Morgan fingerprint density at radius 2 is 1.36 bits per heavy atom. The van der Waals surface area contributed by atoms with E-state index < -0.39 is 10.1 Å². The molecule has 6 heteroatoms. The summed E-state index contributed by atoms with van der Waals surface area (Å²) in [5.41, 5.74) is 4.09. The van der Waals surface area contributed by atoms with E-state index in [9.17, 15) is 13.2 Å². The van der Waals surface area contributed by atoms with Crippen LogP contribution in [0.4, 0.5) is 0 Å². The lowest BCUT2D eigenvalue weighted by molar-refractivity contribution is 0.0600. The minimum Gasteiger partial charge on any atom is -0.465 e. The molecule has 3 aromatic carbocycles. The van der Waals surface area contributed by atoms with E-state index in [-0.39, 0.29) is 17.5 Å². The first-order chi connectivity index (χ1) is 13.4. The maximum atomic E-state index is 12.3. The van der Waals surface area contributed by atoms with E-state index in [1.807, 2.05) is 43.3 Å². The van der Waals surface area contributed by atoms with Crippen LogP contribution in [-0.2, 0) is 25.6 Å². The fourth-order valence-electron chi connectivity index (χ4n) is 2.63. The molecule has 28 heavy (non-hydrogen) atoms. The summed E-state index contributed by atoms with van der Waals surface area (Å²) >= 11 is 0. The Hall–Kier alpha value is -2.96. The lowest BCUT2D eigenvalue weighted by Gasteiger charge is -2.08. The Morgan fingerprint density at radius 1 is 0.821 bits per heavy atom. The Balaban J connectivity index is 1.67. The summed E-state index contributed by atoms with van der Waals surface area (Å²) in [6.45, 7) is 1.85. The maximum absolute atomic E-state index is 12.3. The minimum atomic E-state index is -3.80. The molecule has 0 radical (unpaired) electrons. The van der Waals surface area contributed by atoms with Gasteiger partial charge in [0.2, 0.25) is 0 Å². The molecule has 0 saturated carbocycles. The van der Waals surface area contributed by atoms with E-state index in [1.165, 1.54) is 19.2 Å². The molecule has 0 saturated heterocycles. The highest BCUT2D eigenvalue weighted by atomic mass is 32.2. The van der Waals surface area contributed by atoms with Crippen molar-refractivity contribution in [2.45, 2.75) is 18.4 Å². The first kappa shape index (κ1) is 19.8. The van der Waals surface area contributed by atoms with Crippen LogP contribution in [0.15, 0.2) is 77.7 Å². The molecule has 0 aliphatic carbocycles. The zero-order valence-corrected chi connectivity index (χ0v) is 16.4. The lowest BCUT2D eigenvalue weighted by atomic mass is 10.0. The van der Waals surface area contributed by atoms with Crippen molar-refractivity contribution in [3.05, 3.63) is 89.5 Å². The van der Waals surface area contributed by atoms with Crippen molar-refractivity contribution in [3.63, 3.8) is 0 Å². The van der Waals surface area contributed by atoms with Gasteiger partial charge >= 0.3 is 5.97 Å². The largest absolute Gasteiger partial charge is 0.465 e. The van der Waals surface area contributed by atoms with Crippen molar-refractivity contribution in [1.29, 1.82) is 0 Å². The standard InChI is InChI=1S/C22H20O5S/c1-16-3-13-21(14-4-16)28(24,25)27-15-17-5-7-18(8-6-17)19-9-11-20(12-10-19)22(23)26-2/h3-14H,15H2,1-2H3. The fraction of sp³-hybridized carbons (Fsp3) is 0.136. The molecule has 144 valence electrons. The normalized spacial score (nSPS) is 11.2. The van der Waals surface area contributed by atoms with Crippen molar-refractivity contribution in [1.82, 2.24) is 0 Å². The smallest absolute Gasteiger partial charge is 0.337 e. The molecule has 3 rings (SSSR count). The minimum absolute atomic E-state index is 0.0439. The second kappa shape index (κ2) is 8.37. The van der Waals surface area contributed by atoms with Gasteiger partial charge in [-0.1, -0.05) is 54.1 Å². The molecule has 0 atom stereocenters. The van der Waals surface area contributed by atoms with E-state index >= 15 is 0 Å². The summed E-state index contributed by atoms with van der Waals surface area (Å²) in [6.07, 6.45) is 0. The van der Waals surface area contributed by atoms with Crippen LogP contribution in [0.1, 0.15) is 21.5 Å². The molecule has 3 aromatic rings. The molecule has 0 aromatic heterocycles. The first-order valence-electron chi connectivity index (χ1n) is 8.63. The number of rotatable bonds is 6. The summed E-state index contributed by atoms with van der Waals surface area (Å²) < 4.78 is 34.4. The number of ether oxygens (including phenoxy) is 1. The molecular formula is C22H20O5S. The fourth-order valence-corrected chi connectivity index (χ4v) is 3.53. The molecule has 0 aliphatic heterocycles. The topological polar surface area (TPSA) is 69.7 Å². The Morgan fingerprint density at radius 3 is 1.89 bits per heavy atom. The van der Waals surface area contributed by atoms with E-state index in [1.54, 1.807) is 24.3 Å². The molecular weight excluding hydrogens is 376 g/mol. The van der Waals surface area contributed by atoms with E-state index in [0.717, 1.165) is 22.3 Å². The number of hydrogen-bond acceptors (Lipinski definition) is 5. The van der Waals surface area contributed by atoms with Gasteiger partial charge < -0.3 is 4.74 Å². The summed E-state index contributed by atoms with van der Waals surface area (Å²) in [5, 5.41) is 0. The molecule has 0 N–H and O–H groups in total. The monoisotopic (exact) mass is 396 g/mol. The van der Waals surface area contributed by atoms with Gasteiger partial charge in [-0.25, -0.2) is 4.79 Å². The van der Waals surface area contributed by atoms with Crippen LogP contribution in [0.25, 0.3) is 11.1 Å². The van der Waals surface area contributed by atoms with Crippen LogP contribution in [-0.4, -0.2) is 21.5 Å². The van der Waals surface area contributed by atoms with Gasteiger partial charge in [0.1, 0.15) is 0 Å². The van der Waals surface area contributed by atoms with Crippen molar-refractivity contribution in [2.75, 3.05) is 7.11 Å². The van der Waals surface area contributed by atoms with Crippen molar-refractivity contribution in [2.24, 2.45) is 0 Å². The Bertz CT molecular complexity index is 1050. The van der Waals surface area contributed by atoms with E-state index in [0.29, 0.717) is 5.56 Å². The van der Waals surface area contributed by atoms with Crippen LogP contribution in [0.5, 0.6) is 0 Å². The Labute approximate surface area is 164 Å². The van der Waals surface area contributed by atoms with Gasteiger partial charge in [0.25, 0.3) is 10.1 Å². The number of aryl methyl sites for hydroxylation is 1. The highest BCUT2D eigenvalue weighted by Gasteiger charge is 2.15. The van der Waals surface area contributed by atoms with E-state index in [4.69, 9.17) is 4.18 Å². The predicted octanol–water partition coefficient (Wildman–Crippen LogP) is 4.35. The number of benzene rings is 3. The average Bonchev–Trinajstić information content (AvgIpc) is 2.72. The number of carbonyl (C=O) groups excluding carboxylic acids is 1. The van der Waals surface area contributed by atoms with Gasteiger partial charge in [-0.05, 0) is 47.9 Å². The van der Waals surface area contributed by atoms with Gasteiger partial charge in [-0.15, -0.1) is 0 Å². The number of methoxy groups -OCH3 is 1. The summed E-state index contributed by atoms with van der Waals surface area (Å²) in [6, 6.07) is 21.0. The quantitative estimate of drug-likeness (QED) is 0.458. The molecule has 0 amide bonds. The summed E-state index contributed by atoms with van der Waals surface area (Å²) in [4.78, 5) is 11.6. The molecule has 0 unspecified atom stereocenters. The molecule has 0 heterocycles. The third-order valence-electron chi connectivity index (χ3n) is 4.28. The van der Waals surface area contributed by atoms with Gasteiger partial charge in [0, 0.05) is 0 Å². The SMILES string of the molecule is COC(=O)c1ccc(-c2ccc(COS(=O)(=O)c3ccc(C)cc3)cc2)cc1. The third kappa shape index (κ3) is 4.65. The Kier molecular flexibility index (Phi) is 5.92. The highest BCUT2D eigenvalue weighted by Crippen LogP contribution is 2.22. The molecule has 0 fully saturated rings. The van der Waals surface area contributed by atoms with Crippen molar-refractivity contribution >= 4 is 16.1 Å². The first-order valence-corrected chi connectivity index (χ1v) is 10.0. The molecule has 5 nitrogen and oxygen atoms in total. The molecule has 0 aliphatic rings. The van der Waals surface area contributed by atoms with Crippen molar-refractivity contribution in [3.8, 4) is 11.1 Å². The molecule has 0 bridgehead atoms. The summed E-state index contributed by atoms with van der Waals surface area (Å²) in [5.74, 6) is -0.381. The predicted molar refractivity (Wildman–Crippen MR) is 106 cm³/mol. The number of esters is 1. The van der Waals surface area contributed by atoms with Crippen LogP contribution in [0.2, 0.25) is 0 Å². The van der Waals surface area contributed by atoms with Crippen LogP contribution in [0.3, 0.4) is 0 Å². The van der Waals surface area contributed by atoms with Gasteiger partial charge in [-0.3, -0.25) is 4.18 Å². The number of hydrogen-bond donors (Lipinski definition) is 0. The molecule has 0 spiro atoms. The highest BCUT2D eigenvalue weighted by molar-refractivity contribution is 7.86. The second-order valence-electron chi connectivity index (χ2n) is 6.30. The van der Waals surface area contributed by atoms with E-state index in [2.05, 4.69) is 4.74 Å². The van der Waals surface area contributed by atoms with Crippen molar-refractivity contribution < 1.29 is 22.1 Å². The van der Waals surface area contributed by atoms with Gasteiger partial charge in [0.05, 0.1) is 24.2 Å². The van der Waals surface area contributed by atoms with Crippen LogP contribution < -0.4 is 0 Å². The third-order valence-corrected chi connectivity index (χ3v) is 5.56. The van der Waals surface area contributed by atoms with Gasteiger partial charge in [0.15, 0.2) is 0 Å². The second-order valence-corrected chi connectivity index (χ2v) is 7.91. The zero-order chi connectivity index (χ0) is 20.1. The lowest BCUT2D eigenvalue weighted by Crippen LogP contribution is -2.06. The zero-order valence-electron chi connectivity index (χ0n) is 15.6.